The van der Waals surface area contributed by atoms with Crippen LogP contribution in [-0.2, 0) is 21.4 Å². The fraction of sp³-hybridized carbons (Fsp3) is 0.345. The number of alkyl halides is 3. The molecule has 13 heteroatoms. The molecule has 1 saturated carbocycles. The Balaban J connectivity index is 0.000000616. The molecule has 3 N–H and O–H groups in total. The van der Waals surface area contributed by atoms with E-state index in [1.165, 1.54) is 37.1 Å². The van der Waals surface area contributed by atoms with Crippen LogP contribution in [-0.4, -0.2) is 48.3 Å². The second-order valence-corrected chi connectivity index (χ2v) is 11.4. The number of aromatic carboxylic acids is 1. The molecule has 42 heavy (non-hydrogen) atoms. The number of anilines is 2. The van der Waals surface area contributed by atoms with Crippen LogP contribution in [0.1, 0.15) is 66.4 Å². The molecule has 1 heterocycles. The molecular weight excluding hydrogens is 575 g/mol. The van der Waals surface area contributed by atoms with E-state index < -0.39 is 28.1 Å². The van der Waals surface area contributed by atoms with Crippen molar-refractivity contribution in [1.29, 1.82) is 0 Å². The average molecular weight is 608 g/mol. The van der Waals surface area contributed by atoms with Crippen molar-refractivity contribution in [3.63, 3.8) is 0 Å². The van der Waals surface area contributed by atoms with Crippen molar-refractivity contribution < 1.29 is 41.4 Å². The fourth-order valence-corrected chi connectivity index (χ4v) is 5.67. The summed E-state index contributed by atoms with van der Waals surface area (Å²) in [6.07, 6.45) is 2.24. The number of sulfonamides is 1. The van der Waals surface area contributed by atoms with Gasteiger partial charge in [0.15, 0.2) is 0 Å². The van der Waals surface area contributed by atoms with Crippen molar-refractivity contribution in [2.75, 3.05) is 16.2 Å². The van der Waals surface area contributed by atoms with Crippen LogP contribution in [0.4, 0.5) is 24.7 Å². The lowest BCUT2D eigenvalue weighted by Gasteiger charge is -2.24. The summed E-state index contributed by atoms with van der Waals surface area (Å²) in [4.78, 5) is 27.2. The highest BCUT2D eigenvalue weighted by Gasteiger charge is 2.38. The molecule has 0 spiro atoms. The van der Waals surface area contributed by atoms with E-state index in [9.17, 15) is 31.5 Å². The number of hydrogen-bond acceptors (Lipinski definition) is 6. The number of nitrogens with zero attached hydrogens (tertiary/aromatic N) is 2. The Kier molecular flexibility index (Phi) is 10.9. The Morgan fingerprint density at radius 1 is 1.00 bits per heavy atom. The van der Waals surface area contributed by atoms with Crippen LogP contribution >= 0.6 is 0 Å². The molecule has 1 aliphatic rings. The summed E-state index contributed by atoms with van der Waals surface area (Å²) < 4.78 is 60.2. The fourth-order valence-electron chi connectivity index (χ4n) is 4.63. The maximum absolute atomic E-state index is 13.0. The molecular formula is C29H32F3N3O6S. The van der Waals surface area contributed by atoms with E-state index >= 15 is 0 Å². The van der Waals surface area contributed by atoms with Crippen LogP contribution in [0.2, 0.25) is 0 Å². The van der Waals surface area contributed by atoms with Crippen molar-refractivity contribution in [2.45, 2.75) is 62.6 Å². The van der Waals surface area contributed by atoms with Gasteiger partial charge in [-0.25, -0.2) is 23.0 Å². The minimum atomic E-state index is -5.08. The van der Waals surface area contributed by atoms with Crippen LogP contribution in [0.5, 0.6) is 0 Å². The Morgan fingerprint density at radius 2 is 1.60 bits per heavy atom. The van der Waals surface area contributed by atoms with Crippen molar-refractivity contribution in [2.24, 2.45) is 0 Å². The SMILES string of the molecule is CCN(Cc1ccccc1)c1ncc(NS(=O)(=O)c2ccc(C3CCCCC3)cc2)cc1C(=O)O.O=C(O)C(F)(F)F. The average Bonchev–Trinajstić information content (AvgIpc) is 2.96. The normalized spacial score (nSPS) is 13.9. The number of nitrogens with one attached hydrogen (secondary N) is 1. The van der Waals surface area contributed by atoms with Gasteiger partial charge < -0.3 is 15.1 Å². The third-order valence-electron chi connectivity index (χ3n) is 6.76. The van der Waals surface area contributed by atoms with Crippen LogP contribution < -0.4 is 9.62 Å². The van der Waals surface area contributed by atoms with Gasteiger partial charge in [0.25, 0.3) is 10.0 Å². The molecule has 4 rings (SSSR count). The van der Waals surface area contributed by atoms with Gasteiger partial charge in [-0.15, -0.1) is 0 Å². The number of halogens is 3. The standard InChI is InChI=1S/C27H31N3O4S.C2HF3O2/c1-2-30(19-20-9-5-3-6-10-20)26-25(27(31)32)17-23(18-28-26)29-35(33,34)24-15-13-22(14-16-24)21-11-7-4-8-12-21;3-2(4,5)1(6)7/h3,5-6,9-10,13-18,21,29H,2,4,7-8,11-12,19H2,1H3,(H,31,32);(H,6,7). The van der Waals surface area contributed by atoms with E-state index in [4.69, 9.17) is 9.90 Å². The lowest BCUT2D eigenvalue weighted by Crippen LogP contribution is -2.25. The van der Waals surface area contributed by atoms with Crippen molar-refractivity contribution in [1.82, 2.24) is 4.98 Å². The van der Waals surface area contributed by atoms with Crippen LogP contribution in [0.25, 0.3) is 0 Å². The molecule has 9 nitrogen and oxygen atoms in total. The van der Waals surface area contributed by atoms with E-state index in [1.54, 1.807) is 12.1 Å². The molecule has 0 amide bonds. The topological polar surface area (TPSA) is 137 Å². The number of pyridine rings is 1. The Bertz CT molecular complexity index is 1460. The summed E-state index contributed by atoms with van der Waals surface area (Å²) >= 11 is 0. The molecule has 0 aliphatic heterocycles. The van der Waals surface area contributed by atoms with E-state index in [1.807, 2.05) is 54.3 Å². The molecule has 3 aromatic rings. The molecule has 0 bridgehead atoms. The Hall–Kier alpha value is -4.13. The highest BCUT2D eigenvalue weighted by molar-refractivity contribution is 7.92. The Labute approximate surface area is 242 Å². The number of carboxylic acid groups (broad SMARTS) is 2. The number of carbonyl (C=O) groups is 2. The summed E-state index contributed by atoms with van der Waals surface area (Å²) in [6.45, 7) is 2.95. The smallest absolute Gasteiger partial charge is 0.478 e. The second kappa shape index (κ2) is 14.2. The Morgan fingerprint density at radius 3 is 2.12 bits per heavy atom. The quantitative estimate of drug-likeness (QED) is 0.258. The highest BCUT2D eigenvalue weighted by atomic mass is 32.2. The third-order valence-corrected chi connectivity index (χ3v) is 8.15. The van der Waals surface area contributed by atoms with Crippen molar-refractivity contribution in [3.8, 4) is 0 Å². The minimum Gasteiger partial charge on any atom is -0.478 e. The molecule has 1 aromatic heterocycles. The number of benzene rings is 2. The highest BCUT2D eigenvalue weighted by Crippen LogP contribution is 2.33. The third kappa shape index (κ3) is 8.93. The van der Waals surface area contributed by atoms with Crippen LogP contribution in [0.15, 0.2) is 71.8 Å². The molecule has 1 fully saturated rings. The van der Waals surface area contributed by atoms with Crippen LogP contribution in [0, 0.1) is 0 Å². The molecule has 0 saturated heterocycles. The van der Waals surface area contributed by atoms with Gasteiger partial charge in [0.1, 0.15) is 11.4 Å². The molecule has 2 aromatic carbocycles. The summed E-state index contributed by atoms with van der Waals surface area (Å²) in [7, 11) is -3.89. The van der Waals surface area contributed by atoms with Crippen LogP contribution in [0.3, 0.4) is 0 Å². The van der Waals surface area contributed by atoms with Gasteiger partial charge in [-0.3, -0.25) is 4.72 Å². The van der Waals surface area contributed by atoms with E-state index in [2.05, 4.69) is 9.71 Å². The lowest BCUT2D eigenvalue weighted by molar-refractivity contribution is -0.192. The predicted molar refractivity (Wildman–Crippen MR) is 151 cm³/mol. The van der Waals surface area contributed by atoms with Gasteiger partial charge in [-0.05, 0) is 55.0 Å². The summed E-state index contributed by atoms with van der Waals surface area (Å²) in [6, 6.07) is 18.0. The van der Waals surface area contributed by atoms with E-state index in [0.29, 0.717) is 24.8 Å². The first kappa shape index (κ1) is 32.4. The first-order valence-electron chi connectivity index (χ1n) is 13.3. The number of carboxylic acids is 2. The van der Waals surface area contributed by atoms with Gasteiger partial charge >= 0.3 is 18.1 Å². The van der Waals surface area contributed by atoms with Gasteiger partial charge in [-0.1, -0.05) is 61.7 Å². The van der Waals surface area contributed by atoms with Crippen molar-refractivity contribution in [3.05, 3.63) is 83.6 Å². The number of rotatable bonds is 9. The van der Waals surface area contributed by atoms with Gasteiger partial charge in [0.05, 0.1) is 16.8 Å². The summed E-state index contributed by atoms with van der Waals surface area (Å²) in [5.41, 5.74) is 2.24. The summed E-state index contributed by atoms with van der Waals surface area (Å²) in [5.74, 6) is -3.14. The largest absolute Gasteiger partial charge is 0.490 e. The molecule has 1 aliphatic carbocycles. The molecule has 0 atom stereocenters. The maximum Gasteiger partial charge on any atom is 0.490 e. The monoisotopic (exact) mass is 607 g/mol. The number of aliphatic carboxylic acids is 1. The minimum absolute atomic E-state index is 0.0596. The molecule has 0 unspecified atom stereocenters. The number of hydrogen-bond donors (Lipinski definition) is 3. The molecule has 226 valence electrons. The van der Waals surface area contributed by atoms with E-state index in [0.717, 1.165) is 18.4 Å². The maximum atomic E-state index is 13.0. The predicted octanol–water partition coefficient (Wildman–Crippen LogP) is 6.29. The first-order valence-corrected chi connectivity index (χ1v) is 14.7. The zero-order valence-electron chi connectivity index (χ0n) is 22.8. The van der Waals surface area contributed by atoms with E-state index in [-0.39, 0.29) is 16.1 Å². The van der Waals surface area contributed by atoms with Gasteiger partial charge in [0.2, 0.25) is 0 Å². The van der Waals surface area contributed by atoms with Gasteiger partial charge in [-0.2, -0.15) is 13.2 Å². The number of aromatic nitrogens is 1. The zero-order chi connectivity index (χ0) is 30.9. The second-order valence-electron chi connectivity index (χ2n) is 9.71. The molecule has 0 radical (unpaired) electrons. The first-order chi connectivity index (χ1) is 19.8. The van der Waals surface area contributed by atoms with Crippen molar-refractivity contribution >= 4 is 33.5 Å². The van der Waals surface area contributed by atoms with Gasteiger partial charge in [0, 0.05) is 13.1 Å². The zero-order valence-corrected chi connectivity index (χ0v) is 23.7. The lowest BCUT2D eigenvalue weighted by atomic mass is 9.84. The summed E-state index contributed by atoms with van der Waals surface area (Å²) in [5, 5.41) is 17.0.